The first-order chi connectivity index (χ1) is 23.1. The standard InChI is InChI=1S/C45H33NO/c1-45(2)39-17-10-9-16-36(39)37-28-29-38-42-40(18-11-19-41(42)47-44(38)43(37)45)46(34-24-20-32(21-25-34)30-12-5-3-6-13-30)35-26-22-33(23-27-35)31-14-7-4-8-15-31/h3-29H,1-2H3. The molecule has 9 rings (SSSR count). The maximum Gasteiger partial charge on any atom is 0.140 e. The molecule has 8 aromatic rings. The maximum absolute atomic E-state index is 6.85. The number of nitrogens with zero attached hydrogens (tertiary/aromatic N) is 1. The van der Waals surface area contributed by atoms with Crippen LogP contribution in [0.1, 0.15) is 25.0 Å². The molecule has 0 saturated carbocycles. The summed E-state index contributed by atoms with van der Waals surface area (Å²) in [6, 6.07) is 58.7. The Labute approximate surface area is 275 Å². The van der Waals surface area contributed by atoms with Crippen molar-refractivity contribution in [2.75, 3.05) is 4.90 Å². The second-order valence-electron chi connectivity index (χ2n) is 12.9. The van der Waals surface area contributed by atoms with E-state index in [0.29, 0.717) is 0 Å². The minimum absolute atomic E-state index is 0.167. The average Bonchev–Trinajstić information content (AvgIpc) is 3.62. The van der Waals surface area contributed by atoms with Crippen LogP contribution in [0.15, 0.2) is 168 Å². The second-order valence-corrected chi connectivity index (χ2v) is 12.9. The quantitative estimate of drug-likeness (QED) is 0.195. The molecule has 0 bridgehead atoms. The number of hydrogen-bond donors (Lipinski definition) is 0. The Kier molecular flexibility index (Phi) is 6.20. The monoisotopic (exact) mass is 603 g/mol. The molecule has 2 heteroatoms. The molecule has 0 saturated heterocycles. The van der Waals surface area contributed by atoms with Crippen molar-refractivity contribution in [1.82, 2.24) is 0 Å². The molecule has 47 heavy (non-hydrogen) atoms. The third-order valence-electron chi connectivity index (χ3n) is 9.87. The molecule has 1 aliphatic rings. The zero-order chi connectivity index (χ0) is 31.5. The Hall–Kier alpha value is -5.86. The van der Waals surface area contributed by atoms with Crippen molar-refractivity contribution >= 4 is 39.0 Å². The Morgan fingerprint density at radius 1 is 0.468 bits per heavy atom. The van der Waals surface area contributed by atoms with E-state index < -0.39 is 0 Å². The van der Waals surface area contributed by atoms with Gasteiger partial charge in [0.1, 0.15) is 11.2 Å². The molecule has 0 amide bonds. The van der Waals surface area contributed by atoms with Gasteiger partial charge in [-0.05, 0) is 81.4 Å². The summed E-state index contributed by atoms with van der Waals surface area (Å²) in [5.41, 5.74) is 15.0. The fourth-order valence-electron chi connectivity index (χ4n) is 7.59. The molecule has 0 atom stereocenters. The summed E-state index contributed by atoms with van der Waals surface area (Å²) in [6.07, 6.45) is 0. The molecule has 1 heterocycles. The van der Waals surface area contributed by atoms with Gasteiger partial charge in [0.05, 0.1) is 11.1 Å². The molecule has 0 spiro atoms. The number of anilines is 3. The van der Waals surface area contributed by atoms with Gasteiger partial charge in [0, 0.05) is 27.7 Å². The minimum atomic E-state index is -0.167. The van der Waals surface area contributed by atoms with E-state index in [1.807, 2.05) is 0 Å². The molecular weight excluding hydrogens is 571 g/mol. The van der Waals surface area contributed by atoms with Crippen molar-refractivity contribution in [3.8, 4) is 33.4 Å². The van der Waals surface area contributed by atoms with Gasteiger partial charge in [-0.2, -0.15) is 0 Å². The molecule has 7 aromatic carbocycles. The minimum Gasteiger partial charge on any atom is -0.456 e. The van der Waals surface area contributed by atoms with E-state index in [4.69, 9.17) is 4.42 Å². The normalized spacial score (nSPS) is 13.1. The summed E-state index contributed by atoms with van der Waals surface area (Å²) >= 11 is 0. The Morgan fingerprint density at radius 3 is 1.64 bits per heavy atom. The van der Waals surface area contributed by atoms with Crippen molar-refractivity contribution in [2.24, 2.45) is 0 Å². The summed E-state index contributed by atoms with van der Waals surface area (Å²) in [6.45, 7) is 4.64. The number of hydrogen-bond acceptors (Lipinski definition) is 2. The molecule has 0 radical (unpaired) electrons. The summed E-state index contributed by atoms with van der Waals surface area (Å²) in [7, 11) is 0. The van der Waals surface area contributed by atoms with Gasteiger partial charge < -0.3 is 9.32 Å². The molecule has 0 unspecified atom stereocenters. The maximum atomic E-state index is 6.85. The van der Waals surface area contributed by atoms with E-state index in [-0.39, 0.29) is 5.41 Å². The van der Waals surface area contributed by atoms with Crippen LogP contribution in [-0.4, -0.2) is 0 Å². The lowest BCUT2D eigenvalue weighted by molar-refractivity contribution is 0.620. The van der Waals surface area contributed by atoms with E-state index in [1.165, 1.54) is 44.5 Å². The van der Waals surface area contributed by atoms with Crippen molar-refractivity contribution in [2.45, 2.75) is 19.3 Å². The molecule has 0 aliphatic heterocycles. The van der Waals surface area contributed by atoms with Crippen LogP contribution in [0.25, 0.3) is 55.3 Å². The van der Waals surface area contributed by atoms with Crippen molar-refractivity contribution in [1.29, 1.82) is 0 Å². The van der Waals surface area contributed by atoms with Gasteiger partial charge in [-0.25, -0.2) is 0 Å². The predicted molar refractivity (Wildman–Crippen MR) is 197 cm³/mol. The van der Waals surface area contributed by atoms with Crippen LogP contribution >= 0.6 is 0 Å². The molecule has 2 nitrogen and oxygen atoms in total. The highest BCUT2D eigenvalue weighted by atomic mass is 16.3. The van der Waals surface area contributed by atoms with E-state index in [0.717, 1.165) is 39.0 Å². The SMILES string of the molecule is CC1(C)c2ccccc2-c2ccc3c(oc4cccc(N(c5ccc(-c6ccccc6)cc5)c5ccc(-c6ccccc6)cc5)c43)c21. The van der Waals surface area contributed by atoms with Crippen LogP contribution in [0.4, 0.5) is 17.1 Å². The van der Waals surface area contributed by atoms with Gasteiger partial charge in [-0.3, -0.25) is 0 Å². The number of benzene rings is 7. The van der Waals surface area contributed by atoms with Crippen LogP contribution in [0, 0.1) is 0 Å². The van der Waals surface area contributed by atoms with Crippen LogP contribution < -0.4 is 4.90 Å². The summed E-state index contributed by atoms with van der Waals surface area (Å²) in [5.74, 6) is 0. The first-order valence-corrected chi connectivity index (χ1v) is 16.3. The third-order valence-corrected chi connectivity index (χ3v) is 9.87. The largest absolute Gasteiger partial charge is 0.456 e. The molecule has 0 fully saturated rings. The number of rotatable bonds is 5. The highest BCUT2D eigenvalue weighted by Crippen LogP contribution is 2.53. The van der Waals surface area contributed by atoms with Crippen LogP contribution in [0.2, 0.25) is 0 Å². The average molecular weight is 604 g/mol. The first-order valence-electron chi connectivity index (χ1n) is 16.3. The van der Waals surface area contributed by atoms with Crippen molar-refractivity contribution in [3.05, 3.63) is 175 Å². The molecule has 1 aromatic heterocycles. The highest BCUT2D eigenvalue weighted by Gasteiger charge is 2.38. The predicted octanol–water partition coefficient (Wildman–Crippen LogP) is 12.7. The van der Waals surface area contributed by atoms with Gasteiger partial charge in [-0.1, -0.05) is 135 Å². The van der Waals surface area contributed by atoms with Gasteiger partial charge in [-0.15, -0.1) is 0 Å². The van der Waals surface area contributed by atoms with Gasteiger partial charge in [0.2, 0.25) is 0 Å². The number of fused-ring (bicyclic) bond motifs is 7. The molecule has 224 valence electrons. The lowest BCUT2D eigenvalue weighted by atomic mass is 9.82. The summed E-state index contributed by atoms with van der Waals surface area (Å²) in [4.78, 5) is 2.37. The van der Waals surface area contributed by atoms with Crippen LogP contribution in [-0.2, 0) is 5.41 Å². The van der Waals surface area contributed by atoms with E-state index in [9.17, 15) is 0 Å². The highest BCUT2D eigenvalue weighted by molar-refractivity contribution is 6.15. The number of furan rings is 1. The summed E-state index contributed by atoms with van der Waals surface area (Å²) in [5, 5.41) is 2.26. The van der Waals surface area contributed by atoms with Gasteiger partial charge >= 0.3 is 0 Å². The summed E-state index contributed by atoms with van der Waals surface area (Å²) < 4.78 is 6.85. The Bertz CT molecular complexity index is 2320. The van der Waals surface area contributed by atoms with Gasteiger partial charge in [0.25, 0.3) is 0 Å². The Balaban J connectivity index is 1.25. The molecule has 0 N–H and O–H groups in total. The van der Waals surface area contributed by atoms with Crippen molar-refractivity contribution in [3.63, 3.8) is 0 Å². The molecular formula is C45H33NO. The lowest BCUT2D eigenvalue weighted by Crippen LogP contribution is -2.15. The first kappa shape index (κ1) is 27.5. The smallest absolute Gasteiger partial charge is 0.140 e. The van der Waals surface area contributed by atoms with Crippen molar-refractivity contribution < 1.29 is 4.42 Å². The van der Waals surface area contributed by atoms with E-state index in [1.54, 1.807) is 0 Å². The molecule has 1 aliphatic carbocycles. The van der Waals surface area contributed by atoms with Gasteiger partial charge in [0.15, 0.2) is 0 Å². The van der Waals surface area contributed by atoms with E-state index in [2.05, 4.69) is 183 Å². The fraction of sp³-hybridized carbons (Fsp3) is 0.0667. The van der Waals surface area contributed by atoms with Crippen LogP contribution in [0.5, 0.6) is 0 Å². The Morgan fingerprint density at radius 2 is 1.02 bits per heavy atom. The fourth-order valence-corrected chi connectivity index (χ4v) is 7.59. The lowest BCUT2D eigenvalue weighted by Gasteiger charge is -2.26. The topological polar surface area (TPSA) is 16.4 Å². The second kappa shape index (κ2) is 10.6. The zero-order valence-corrected chi connectivity index (χ0v) is 26.4. The van der Waals surface area contributed by atoms with Crippen LogP contribution in [0.3, 0.4) is 0 Å². The van der Waals surface area contributed by atoms with E-state index >= 15 is 0 Å². The zero-order valence-electron chi connectivity index (χ0n) is 26.4. The third kappa shape index (κ3) is 4.33.